The number of ketones is 1. The summed E-state index contributed by atoms with van der Waals surface area (Å²) in [5.74, 6) is -0.507. The molecule has 0 heterocycles. The summed E-state index contributed by atoms with van der Waals surface area (Å²) in [6.45, 7) is 1.70. The quantitative estimate of drug-likeness (QED) is 0.532. The van der Waals surface area contributed by atoms with Crippen LogP contribution in [0.5, 0.6) is 5.75 Å². The zero-order valence-corrected chi connectivity index (χ0v) is 14.8. The van der Waals surface area contributed by atoms with Crippen molar-refractivity contribution in [1.29, 1.82) is 0 Å². The Labute approximate surface area is 152 Å². The first kappa shape index (κ1) is 17.7. The van der Waals surface area contributed by atoms with Gasteiger partial charge in [0, 0.05) is 5.56 Å². The first-order chi connectivity index (χ1) is 12.4. The normalized spacial score (nSPS) is 11.1. The van der Waals surface area contributed by atoms with Crippen LogP contribution in [0.2, 0.25) is 0 Å². The Kier molecular flexibility index (Phi) is 4.77. The summed E-state index contributed by atoms with van der Waals surface area (Å²) < 4.78 is 27.9. The van der Waals surface area contributed by atoms with Crippen LogP contribution < -0.4 is 4.72 Å². The largest absolute Gasteiger partial charge is 0.508 e. The second-order valence-corrected chi connectivity index (χ2v) is 7.45. The first-order valence-electron chi connectivity index (χ1n) is 7.90. The van der Waals surface area contributed by atoms with Crippen LogP contribution in [0.3, 0.4) is 0 Å². The molecule has 0 saturated heterocycles. The fourth-order valence-electron chi connectivity index (χ4n) is 2.61. The van der Waals surface area contributed by atoms with Crippen molar-refractivity contribution in [3.05, 3.63) is 89.5 Å². The van der Waals surface area contributed by atoms with Crippen LogP contribution in [0.4, 0.5) is 5.69 Å². The van der Waals surface area contributed by atoms with E-state index in [4.69, 9.17) is 0 Å². The van der Waals surface area contributed by atoms with Gasteiger partial charge in [-0.25, -0.2) is 8.42 Å². The number of phenolic OH excluding ortho intramolecular Hbond substituents is 1. The Balaban J connectivity index is 2.04. The van der Waals surface area contributed by atoms with Gasteiger partial charge >= 0.3 is 0 Å². The second-order valence-electron chi connectivity index (χ2n) is 5.80. The minimum atomic E-state index is -3.88. The Morgan fingerprint density at radius 2 is 1.58 bits per heavy atom. The first-order valence-corrected chi connectivity index (χ1v) is 9.38. The topological polar surface area (TPSA) is 83.5 Å². The molecule has 0 aliphatic heterocycles. The number of sulfonamides is 1. The summed E-state index contributed by atoms with van der Waals surface area (Å²) in [7, 11) is -3.88. The summed E-state index contributed by atoms with van der Waals surface area (Å²) in [5, 5.41) is 9.76. The van der Waals surface area contributed by atoms with E-state index in [1.165, 1.54) is 24.3 Å². The lowest BCUT2D eigenvalue weighted by atomic mass is 10.0. The molecule has 0 aliphatic rings. The number of nitrogens with one attached hydrogen (secondary N) is 1. The van der Waals surface area contributed by atoms with Crippen molar-refractivity contribution in [2.75, 3.05) is 4.72 Å². The lowest BCUT2D eigenvalue weighted by Crippen LogP contribution is -2.16. The van der Waals surface area contributed by atoms with Gasteiger partial charge in [0.1, 0.15) is 5.75 Å². The van der Waals surface area contributed by atoms with Crippen LogP contribution in [0.1, 0.15) is 21.5 Å². The van der Waals surface area contributed by atoms with Crippen LogP contribution in [0, 0.1) is 6.92 Å². The Morgan fingerprint density at radius 1 is 0.923 bits per heavy atom. The van der Waals surface area contributed by atoms with Gasteiger partial charge in [0.2, 0.25) is 0 Å². The molecule has 3 aromatic carbocycles. The van der Waals surface area contributed by atoms with Crippen molar-refractivity contribution in [2.24, 2.45) is 0 Å². The van der Waals surface area contributed by atoms with E-state index in [1.54, 1.807) is 55.5 Å². The minimum Gasteiger partial charge on any atom is -0.508 e. The van der Waals surface area contributed by atoms with Crippen LogP contribution in [-0.4, -0.2) is 19.3 Å². The number of carbonyl (C=O) groups excluding carboxylic acids is 1. The number of benzene rings is 3. The number of aromatic hydroxyl groups is 1. The van der Waals surface area contributed by atoms with E-state index in [2.05, 4.69) is 4.72 Å². The Hall–Kier alpha value is -3.12. The standard InChI is InChI=1S/C20H17NO4S/c1-14-7-5-6-10-19(14)26(24,25)21-18-12-11-16(22)13-17(18)20(23)15-8-3-2-4-9-15/h2-13,21-22H,1H3. The number of hydrogen-bond acceptors (Lipinski definition) is 4. The van der Waals surface area contributed by atoms with E-state index in [0.29, 0.717) is 11.1 Å². The molecule has 0 bridgehead atoms. The van der Waals surface area contributed by atoms with E-state index in [0.717, 1.165) is 0 Å². The zero-order chi connectivity index (χ0) is 18.7. The number of aryl methyl sites for hydroxylation is 1. The molecule has 0 fully saturated rings. The molecule has 0 aromatic heterocycles. The third-order valence-electron chi connectivity index (χ3n) is 3.91. The summed E-state index contributed by atoms with van der Waals surface area (Å²) in [4.78, 5) is 12.9. The van der Waals surface area contributed by atoms with Crippen molar-refractivity contribution in [3.63, 3.8) is 0 Å². The maximum absolute atomic E-state index is 12.8. The summed E-state index contributed by atoms with van der Waals surface area (Å²) in [6, 6.07) is 19.0. The average molecular weight is 367 g/mol. The van der Waals surface area contributed by atoms with Crippen molar-refractivity contribution < 1.29 is 18.3 Å². The molecule has 0 saturated carbocycles. The minimum absolute atomic E-state index is 0.0772. The molecule has 132 valence electrons. The maximum atomic E-state index is 12.8. The molecule has 0 unspecified atom stereocenters. The van der Waals surface area contributed by atoms with Gasteiger partial charge in [-0.3, -0.25) is 9.52 Å². The summed E-state index contributed by atoms with van der Waals surface area (Å²) in [5.41, 5.74) is 1.18. The van der Waals surface area contributed by atoms with Gasteiger partial charge in [-0.1, -0.05) is 48.5 Å². The van der Waals surface area contributed by atoms with E-state index in [-0.39, 0.29) is 27.7 Å². The van der Waals surface area contributed by atoms with Gasteiger partial charge in [0.25, 0.3) is 10.0 Å². The molecular formula is C20H17NO4S. The van der Waals surface area contributed by atoms with E-state index in [9.17, 15) is 18.3 Å². The highest BCUT2D eigenvalue weighted by atomic mass is 32.2. The van der Waals surface area contributed by atoms with Crippen molar-refractivity contribution in [2.45, 2.75) is 11.8 Å². The Morgan fingerprint density at radius 3 is 2.27 bits per heavy atom. The predicted molar refractivity (Wildman–Crippen MR) is 100.0 cm³/mol. The number of hydrogen-bond donors (Lipinski definition) is 2. The highest BCUT2D eigenvalue weighted by molar-refractivity contribution is 7.92. The van der Waals surface area contributed by atoms with E-state index < -0.39 is 10.0 Å². The zero-order valence-electron chi connectivity index (χ0n) is 14.0. The number of anilines is 1. The summed E-state index contributed by atoms with van der Waals surface area (Å²) >= 11 is 0. The monoisotopic (exact) mass is 367 g/mol. The summed E-state index contributed by atoms with van der Waals surface area (Å²) in [6.07, 6.45) is 0. The maximum Gasteiger partial charge on any atom is 0.262 e. The fourth-order valence-corrected chi connectivity index (χ4v) is 3.94. The molecular weight excluding hydrogens is 350 g/mol. The van der Waals surface area contributed by atoms with Crippen molar-refractivity contribution >= 4 is 21.5 Å². The highest BCUT2D eigenvalue weighted by Gasteiger charge is 2.21. The van der Waals surface area contributed by atoms with E-state index >= 15 is 0 Å². The van der Waals surface area contributed by atoms with Gasteiger partial charge in [0.05, 0.1) is 16.1 Å². The SMILES string of the molecule is Cc1ccccc1S(=O)(=O)Nc1ccc(O)cc1C(=O)c1ccccc1. The van der Waals surface area contributed by atoms with Gasteiger partial charge < -0.3 is 5.11 Å². The Bertz CT molecular complexity index is 1060. The van der Waals surface area contributed by atoms with Crippen LogP contribution in [0.15, 0.2) is 77.7 Å². The number of carbonyl (C=O) groups is 1. The predicted octanol–water partition coefficient (Wildman–Crippen LogP) is 3.73. The average Bonchev–Trinajstić information content (AvgIpc) is 2.63. The molecule has 0 atom stereocenters. The van der Waals surface area contributed by atoms with Crippen LogP contribution >= 0.6 is 0 Å². The molecule has 0 radical (unpaired) electrons. The molecule has 6 heteroatoms. The second kappa shape index (κ2) is 7.01. The smallest absolute Gasteiger partial charge is 0.262 e. The van der Waals surface area contributed by atoms with Crippen molar-refractivity contribution in [1.82, 2.24) is 0 Å². The van der Waals surface area contributed by atoms with Crippen LogP contribution in [-0.2, 0) is 10.0 Å². The fraction of sp³-hybridized carbons (Fsp3) is 0.0500. The third-order valence-corrected chi connectivity index (χ3v) is 5.44. The van der Waals surface area contributed by atoms with E-state index in [1.807, 2.05) is 0 Å². The van der Waals surface area contributed by atoms with Gasteiger partial charge in [-0.05, 0) is 36.8 Å². The number of rotatable bonds is 5. The molecule has 0 spiro atoms. The van der Waals surface area contributed by atoms with Gasteiger partial charge in [0.15, 0.2) is 5.78 Å². The molecule has 3 aromatic rings. The van der Waals surface area contributed by atoms with Crippen LogP contribution in [0.25, 0.3) is 0 Å². The molecule has 0 aliphatic carbocycles. The molecule has 2 N–H and O–H groups in total. The van der Waals surface area contributed by atoms with Gasteiger partial charge in [-0.15, -0.1) is 0 Å². The molecule has 5 nitrogen and oxygen atoms in total. The lowest BCUT2D eigenvalue weighted by molar-refractivity contribution is 0.103. The third kappa shape index (κ3) is 3.60. The lowest BCUT2D eigenvalue weighted by Gasteiger charge is -2.14. The van der Waals surface area contributed by atoms with Gasteiger partial charge in [-0.2, -0.15) is 0 Å². The van der Waals surface area contributed by atoms with Crippen molar-refractivity contribution in [3.8, 4) is 5.75 Å². The number of phenols is 1. The highest BCUT2D eigenvalue weighted by Crippen LogP contribution is 2.27. The molecule has 26 heavy (non-hydrogen) atoms. The molecule has 3 rings (SSSR count). The molecule has 0 amide bonds.